The van der Waals surface area contributed by atoms with E-state index in [1.807, 2.05) is 12.1 Å². The maximum absolute atomic E-state index is 9.39. The second-order valence-electron chi connectivity index (χ2n) is 6.11. The summed E-state index contributed by atoms with van der Waals surface area (Å²) in [7, 11) is 2.15. The van der Waals surface area contributed by atoms with Crippen LogP contribution in [-0.2, 0) is 0 Å². The summed E-state index contributed by atoms with van der Waals surface area (Å²) in [6.07, 6.45) is 3.32. The van der Waals surface area contributed by atoms with Crippen LogP contribution < -0.4 is 0 Å². The van der Waals surface area contributed by atoms with Crippen LogP contribution in [0.4, 0.5) is 0 Å². The van der Waals surface area contributed by atoms with Gasteiger partial charge in [0, 0.05) is 17.1 Å². The minimum Gasteiger partial charge on any atom is -0.295 e. The molecule has 0 amide bonds. The van der Waals surface area contributed by atoms with Gasteiger partial charge in [0.1, 0.15) is 0 Å². The number of halogens is 1. The Labute approximate surface area is 127 Å². The maximum atomic E-state index is 9.39. The average molecular weight is 291 g/mol. The third kappa shape index (κ3) is 3.34. The van der Waals surface area contributed by atoms with Gasteiger partial charge in [-0.05, 0) is 56.8 Å². The molecule has 0 saturated heterocycles. The summed E-state index contributed by atoms with van der Waals surface area (Å²) in [4.78, 5) is 2.37. The number of hydrogen-bond acceptors (Lipinski definition) is 2. The highest BCUT2D eigenvalue weighted by atomic mass is 35.5. The minimum atomic E-state index is 0.158. The highest BCUT2D eigenvalue weighted by molar-refractivity contribution is 6.30. The van der Waals surface area contributed by atoms with Crippen molar-refractivity contribution < 1.29 is 0 Å². The van der Waals surface area contributed by atoms with Gasteiger partial charge in [-0.25, -0.2) is 0 Å². The summed E-state index contributed by atoms with van der Waals surface area (Å²) in [5.74, 6) is 0.871. The zero-order chi connectivity index (χ0) is 14.7. The standard InChI is InChI=1S/C17H23ClN2/c1-12-4-5-15(11-19)17(10-12)20(3)13(2)14-6-8-16(18)9-7-14/h6-9,12-13,15,17H,4-5,10H2,1-3H3. The Kier molecular flexibility index (Phi) is 5.07. The van der Waals surface area contributed by atoms with Gasteiger partial charge in [-0.1, -0.05) is 30.7 Å². The van der Waals surface area contributed by atoms with E-state index in [9.17, 15) is 5.26 Å². The SMILES string of the molecule is CC1CCC(C#N)C(N(C)C(C)c2ccc(Cl)cc2)C1. The topological polar surface area (TPSA) is 27.0 Å². The molecular formula is C17H23ClN2. The average Bonchev–Trinajstić information content (AvgIpc) is 2.46. The Morgan fingerprint density at radius 2 is 1.95 bits per heavy atom. The molecule has 0 heterocycles. The van der Waals surface area contributed by atoms with Crippen molar-refractivity contribution in [3.8, 4) is 6.07 Å². The molecule has 1 fully saturated rings. The monoisotopic (exact) mass is 290 g/mol. The largest absolute Gasteiger partial charge is 0.295 e. The van der Waals surface area contributed by atoms with Crippen LogP contribution in [0.2, 0.25) is 5.02 Å². The molecule has 3 heteroatoms. The fourth-order valence-corrected chi connectivity index (χ4v) is 3.34. The molecule has 0 aliphatic heterocycles. The summed E-state index contributed by atoms with van der Waals surface area (Å²) in [5, 5.41) is 10.2. The van der Waals surface area contributed by atoms with Gasteiger partial charge in [0.05, 0.1) is 12.0 Å². The lowest BCUT2D eigenvalue weighted by Crippen LogP contribution is -2.42. The Bertz CT molecular complexity index is 477. The molecule has 108 valence electrons. The van der Waals surface area contributed by atoms with E-state index in [0.717, 1.165) is 17.9 Å². The third-order valence-corrected chi connectivity index (χ3v) is 4.98. The summed E-state index contributed by atoms with van der Waals surface area (Å²) in [5.41, 5.74) is 1.26. The van der Waals surface area contributed by atoms with Crippen molar-refractivity contribution in [2.24, 2.45) is 11.8 Å². The van der Waals surface area contributed by atoms with Crippen molar-refractivity contribution in [3.05, 3.63) is 34.9 Å². The summed E-state index contributed by atoms with van der Waals surface area (Å²) >= 11 is 5.95. The Morgan fingerprint density at radius 3 is 2.55 bits per heavy atom. The number of hydrogen-bond donors (Lipinski definition) is 0. The second kappa shape index (κ2) is 6.61. The minimum absolute atomic E-state index is 0.158. The van der Waals surface area contributed by atoms with Crippen LogP contribution in [0.25, 0.3) is 0 Å². The first-order chi connectivity index (χ1) is 9.52. The van der Waals surface area contributed by atoms with Crippen molar-refractivity contribution in [3.63, 3.8) is 0 Å². The molecule has 20 heavy (non-hydrogen) atoms. The Hall–Kier alpha value is -1.04. The highest BCUT2D eigenvalue weighted by Crippen LogP contribution is 2.35. The fourth-order valence-electron chi connectivity index (χ4n) is 3.22. The maximum Gasteiger partial charge on any atom is 0.0672 e. The van der Waals surface area contributed by atoms with Crippen molar-refractivity contribution in [2.45, 2.75) is 45.2 Å². The van der Waals surface area contributed by atoms with E-state index in [1.54, 1.807) is 0 Å². The van der Waals surface area contributed by atoms with Gasteiger partial charge in [0.15, 0.2) is 0 Å². The molecule has 0 N–H and O–H groups in total. The van der Waals surface area contributed by atoms with Gasteiger partial charge in [-0.15, -0.1) is 0 Å². The quantitative estimate of drug-likeness (QED) is 0.809. The van der Waals surface area contributed by atoms with Crippen molar-refractivity contribution in [1.82, 2.24) is 4.90 Å². The molecule has 2 rings (SSSR count). The van der Waals surface area contributed by atoms with Crippen molar-refractivity contribution >= 4 is 11.6 Å². The van der Waals surface area contributed by atoms with Crippen LogP contribution in [-0.4, -0.2) is 18.0 Å². The molecule has 1 aliphatic carbocycles. The molecule has 0 spiro atoms. The molecule has 0 bridgehead atoms. The van der Waals surface area contributed by atoms with E-state index in [2.05, 4.69) is 44.0 Å². The first-order valence-corrected chi connectivity index (χ1v) is 7.77. The Balaban J connectivity index is 2.14. The van der Waals surface area contributed by atoms with Gasteiger partial charge in [0.2, 0.25) is 0 Å². The molecule has 0 aromatic heterocycles. The van der Waals surface area contributed by atoms with E-state index < -0.39 is 0 Å². The number of rotatable bonds is 3. The van der Waals surface area contributed by atoms with E-state index in [0.29, 0.717) is 18.0 Å². The smallest absolute Gasteiger partial charge is 0.0672 e. The van der Waals surface area contributed by atoms with E-state index in [-0.39, 0.29) is 5.92 Å². The number of nitrogens with zero attached hydrogens (tertiary/aromatic N) is 2. The predicted octanol–water partition coefficient (Wildman–Crippen LogP) is 4.66. The summed E-state index contributed by atoms with van der Waals surface area (Å²) in [6.45, 7) is 4.50. The van der Waals surface area contributed by atoms with E-state index in [1.165, 1.54) is 12.0 Å². The van der Waals surface area contributed by atoms with Gasteiger partial charge in [0.25, 0.3) is 0 Å². The van der Waals surface area contributed by atoms with Crippen LogP contribution in [0, 0.1) is 23.2 Å². The molecule has 4 unspecified atom stereocenters. The number of benzene rings is 1. The van der Waals surface area contributed by atoms with Gasteiger partial charge in [-0.2, -0.15) is 5.26 Å². The molecule has 1 aromatic rings. The fraction of sp³-hybridized carbons (Fsp3) is 0.588. The normalized spacial score (nSPS) is 28.1. The molecule has 2 nitrogen and oxygen atoms in total. The molecule has 1 saturated carbocycles. The summed E-state index contributed by atoms with van der Waals surface area (Å²) < 4.78 is 0. The first-order valence-electron chi connectivity index (χ1n) is 7.40. The lowest BCUT2D eigenvalue weighted by atomic mass is 9.78. The highest BCUT2D eigenvalue weighted by Gasteiger charge is 2.33. The van der Waals surface area contributed by atoms with Crippen LogP contribution in [0.1, 0.15) is 44.7 Å². The van der Waals surface area contributed by atoms with Gasteiger partial charge >= 0.3 is 0 Å². The lowest BCUT2D eigenvalue weighted by Gasteiger charge is -2.40. The first kappa shape index (κ1) is 15.4. The molecular weight excluding hydrogens is 268 g/mol. The second-order valence-corrected chi connectivity index (χ2v) is 6.55. The zero-order valence-corrected chi connectivity index (χ0v) is 13.3. The van der Waals surface area contributed by atoms with Crippen molar-refractivity contribution in [1.29, 1.82) is 5.26 Å². The third-order valence-electron chi connectivity index (χ3n) is 4.73. The van der Waals surface area contributed by atoms with Crippen molar-refractivity contribution in [2.75, 3.05) is 7.05 Å². The van der Waals surface area contributed by atoms with Crippen LogP contribution in [0.5, 0.6) is 0 Å². The molecule has 1 aromatic carbocycles. The van der Waals surface area contributed by atoms with Crippen LogP contribution in [0.3, 0.4) is 0 Å². The molecule has 4 atom stereocenters. The zero-order valence-electron chi connectivity index (χ0n) is 12.5. The lowest BCUT2D eigenvalue weighted by molar-refractivity contribution is 0.0976. The van der Waals surface area contributed by atoms with Gasteiger partial charge in [-0.3, -0.25) is 4.90 Å². The van der Waals surface area contributed by atoms with Crippen LogP contribution >= 0.6 is 11.6 Å². The van der Waals surface area contributed by atoms with Gasteiger partial charge < -0.3 is 0 Å². The van der Waals surface area contributed by atoms with Crippen LogP contribution in [0.15, 0.2) is 24.3 Å². The molecule has 0 radical (unpaired) electrons. The predicted molar refractivity (Wildman–Crippen MR) is 83.5 cm³/mol. The number of nitriles is 1. The van der Waals surface area contributed by atoms with E-state index >= 15 is 0 Å². The molecule has 1 aliphatic rings. The Morgan fingerprint density at radius 1 is 1.30 bits per heavy atom. The van der Waals surface area contributed by atoms with E-state index in [4.69, 9.17) is 11.6 Å². The summed E-state index contributed by atoms with van der Waals surface area (Å²) in [6, 6.07) is 11.2.